The van der Waals surface area contributed by atoms with Crippen LogP contribution in [0.5, 0.6) is 0 Å². The van der Waals surface area contributed by atoms with Crippen LogP contribution in [0.3, 0.4) is 0 Å². The van der Waals surface area contributed by atoms with Gasteiger partial charge in [-0.2, -0.15) is 0 Å². The molecule has 6 heteroatoms. The molecule has 1 fully saturated rings. The summed E-state index contributed by atoms with van der Waals surface area (Å²) in [4.78, 5) is 13.5. The van der Waals surface area contributed by atoms with E-state index >= 15 is 0 Å². The van der Waals surface area contributed by atoms with E-state index in [9.17, 15) is 9.90 Å². The summed E-state index contributed by atoms with van der Waals surface area (Å²) in [6, 6.07) is 1.60. The van der Waals surface area contributed by atoms with E-state index in [0.29, 0.717) is 50.5 Å². The van der Waals surface area contributed by atoms with Gasteiger partial charge in [0.1, 0.15) is 11.3 Å². The van der Waals surface area contributed by atoms with Gasteiger partial charge in [0, 0.05) is 32.6 Å². The number of hydrogen-bond acceptors (Lipinski definition) is 6. The zero-order valence-electron chi connectivity index (χ0n) is 11.9. The lowest BCUT2D eigenvalue weighted by atomic mass is 9.94. The molecule has 0 spiro atoms. The van der Waals surface area contributed by atoms with Crippen molar-refractivity contribution in [3.63, 3.8) is 0 Å². The summed E-state index contributed by atoms with van der Waals surface area (Å²) in [7, 11) is 3.23. The van der Waals surface area contributed by atoms with Crippen LogP contribution < -0.4 is 0 Å². The molecule has 0 amide bonds. The molecule has 1 N–H and O–H groups in total. The average molecular weight is 283 g/mol. The number of carbonyl (C=O) groups is 1. The SMILES string of the molecule is COC(=O)c1ccoc1CN(C)CC1(O)CCOCC1. The predicted molar refractivity (Wildman–Crippen MR) is 71.4 cm³/mol. The topological polar surface area (TPSA) is 72.1 Å². The first-order valence-electron chi connectivity index (χ1n) is 6.67. The molecule has 0 unspecified atom stereocenters. The lowest BCUT2D eigenvalue weighted by Gasteiger charge is -2.35. The van der Waals surface area contributed by atoms with E-state index in [1.165, 1.54) is 13.4 Å². The Bertz CT molecular complexity index is 450. The number of nitrogens with zero attached hydrogens (tertiary/aromatic N) is 1. The van der Waals surface area contributed by atoms with Crippen LogP contribution in [0, 0.1) is 0 Å². The molecule has 1 saturated heterocycles. The van der Waals surface area contributed by atoms with Crippen molar-refractivity contribution in [1.29, 1.82) is 0 Å². The number of ether oxygens (including phenoxy) is 2. The minimum Gasteiger partial charge on any atom is -0.467 e. The van der Waals surface area contributed by atoms with Crippen molar-refractivity contribution in [2.75, 3.05) is 33.9 Å². The fourth-order valence-electron chi connectivity index (χ4n) is 2.47. The van der Waals surface area contributed by atoms with Gasteiger partial charge in [-0.25, -0.2) is 4.79 Å². The molecule has 1 aliphatic rings. The minimum atomic E-state index is -0.731. The minimum absolute atomic E-state index is 0.410. The summed E-state index contributed by atoms with van der Waals surface area (Å²) in [5.41, 5.74) is -0.302. The van der Waals surface area contributed by atoms with E-state index in [-0.39, 0.29) is 0 Å². The quantitative estimate of drug-likeness (QED) is 0.814. The van der Waals surface area contributed by atoms with Crippen LogP contribution in [0.15, 0.2) is 16.7 Å². The third-order valence-corrected chi connectivity index (χ3v) is 3.55. The van der Waals surface area contributed by atoms with E-state index in [2.05, 4.69) is 0 Å². The lowest BCUT2D eigenvalue weighted by molar-refractivity contribution is -0.0782. The first-order chi connectivity index (χ1) is 9.54. The van der Waals surface area contributed by atoms with Crippen molar-refractivity contribution in [1.82, 2.24) is 4.90 Å². The normalized spacial score (nSPS) is 18.2. The van der Waals surface area contributed by atoms with Gasteiger partial charge in [-0.05, 0) is 13.1 Å². The molecular weight excluding hydrogens is 262 g/mol. The number of hydrogen-bond donors (Lipinski definition) is 1. The number of likely N-dealkylation sites (N-methyl/N-ethyl adjacent to an activating group) is 1. The summed E-state index contributed by atoms with van der Waals surface area (Å²) in [6.45, 7) is 2.12. The van der Waals surface area contributed by atoms with Crippen LogP contribution >= 0.6 is 0 Å². The number of furan rings is 1. The standard InChI is InChI=1S/C14H21NO5/c1-15(10-14(17)4-7-19-8-5-14)9-12-11(3-6-20-12)13(16)18-2/h3,6,17H,4-5,7-10H2,1-2H3. The van der Waals surface area contributed by atoms with Crippen LogP contribution in [0.1, 0.15) is 29.0 Å². The first kappa shape index (κ1) is 15.0. The number of rotatable bonds is 5. The largest absolute Gasteiger partial charge is 0.467 e. The molecule has 1 aliphatic heterocycles. The number of esters is 1. The highest BCUT2D eigenvalue weighted by molar-refractivity contribution is 5.90. The summed E-state index contributed by atoms with van der Waals surface area (Å²) in [6.07, 6.45) is 2.72. The number of methoxy groups -OCH3 is 1. The van der Waals surface area contributed by atoms with Crippen LogP contribution in [-0.2, 0) is 16.0 Å². The molecule has 112 valence electrons. The summed E-state index contributed by atoms with van der Waals surface area (Å²) >= 11 is 0. The Hall–Kier alpha value is -1.37. The van der Waals surface area contributed by atoms with Crippen molar-refractivity contribution in [3.8, 4) is 0 Å². The van der Waals surface area contributed by atoms with Gasteiger partial charge >= 0.3 is 5.97 Å². The van der Waals surface area contributed by atoms with E-state index in [1.807, 2.05) is 11.9 Å². The average Bonchev–Trinajstić information content (AvgIpc) is 2.86. The summed E-state index contributed by atoms with van der Waals surface area (Å²) in [5.74, 6) is 0.141. The lowest BCUT2D eigenvalue weighted by Crippen LogP contribution is -2.45. The van der Waals surface area contributed by atoms with E-state index < -0.39 is 11.6 Å². The zero-order valence-corrected chi connectivity index (χ0v) is 11.9. The zero-order chi connectivity index (χ0) is 14.6. The molecule has 0 saturated carbocycles. The fourth-order valence-corrected chi connectivity index (χ4v) is 2.47. The molecule has 0 radical (unpaired) electrons. The van der Waals surface area contributed by atoms with Gasteiger partial charge in [0.05, 0.1) is 25.5 Å². The maximum Gasteiger partial charge on any atom is 0.341 e. The van der Waals surface area contributed by atoms with Gasteiger partial charge in [0.25, 0.3) is 0 Å². The smallest absolute Gasteiger partial charge is 0.341 e. The monoisotopic (exact) mass is 283 g/mol. The van der Waals surface area contributed by atoms with Crippen LogP contribution in [0.4, 0.5) is 0 Å². The maximum absolute atomic E-state index is 11.6. The summed E-state index contributed by atoms with van der Waals surface area (Å²) < 4.78 is 15.3. The Balaban J connectivity index is 1.96. The Morgan fingerprint density at radius 3 is 2.85 bits per heavy atom. The molecule has 1 aromatic heterocycles. The molecule has 0 aliphatic carbocycles. The van der Waals surface area contributed by atoms with Gasteiger partial charge in [-0.3, -0.25) is 4.90 Å². The van der Waals surface area contributed by atoms with Gasteiger partial charge in [0.2, 0.25) is 0 Å². The highest BCUT2D eigenvalue weighted by atomic mass is 16.5. The molecule has 6 nitrogen and oxygen atoms in total. The molecule has 0 bridgehead atoms. The molecule has 20 heavy (non-hydrogen) atoms. The molecular formula is C14H21NO5. The number of carbonyl (C=O) groups excluding carboxylic acids is 1. The second kappa shape index (κ2) is 6.39. The van der Waals surface area contributed by atoms with Crippen molar-refractivity contribution in [3.05, 3.63) is 23.7 Å². The van der Waals surface area contributed by atoms with Gasteiger partial charge in [-0.1, -0.05) is 0 Å². The summed E-state index contributed by atoms with van der Waals surface area (Å²) in [5, 5.41) is 10.5. The van der Waals surface area contributed by atoms with Crippen molar-refractivity contribution >= 4 is 5.97 Å². The van der Waals surface area contributed by atoms with Crippen molar-refractivity contribution in [2.45, 2.75) is 25.0 Å². The Morgan fingerprint density at radius 1 is 1.50 bits per heavy atom. The van der Waals surface area contributed by atoms with Crippen LogP contribution in [0.25, 0.3) is 0 Å². The third-order valence-electron chi connectivity index (χ3n) is 3.55. The highest BCUT2D eigenvalue weighted by Gasteiger charge is 2.31. The van der Waals surface area contributed by atoms with Gasteiger partial charge in [-0.15, -0.1) is 0 Å². The van der Waals surface area contributed by atoms with Gasteiger partial charge in [0.15, 0.2) is 0 Å². The highest BCUT2D eigenvalue weighted by Crippen LogP contribution is 2.22. The maximum atomic E-state index is 11.6. The van der Waals surface area contributed by atoms with Crippen LogP contribution in [-0.4, -0.2) is 55.5 Å². The second-order valence-corrected chi connectivity index (χ2v) is 5.26. The molecule has 2 heterocycles. The Kier molecular flexibility index (Phi) is 4.80. The molecule has 1 aromatic rings. The first-order valence-corrected chi connectivity index (χ1v) is 6.67. The van der Waals surface area contributed by atoms with Crippen LogP contribution in [0.2, 0.25) is 0 Å². The van der Waals surface area contributed by atoms with E-state index in [4.69, 9.17) is 13.9 Å². The Labute approximate surface area is 118 Å². The fraction of sp³-hybridized carbons (Fsp3) is 0.643. The second-order valence-electron chi connectivity index (χ2n) is 5.26. The number of aliphatic hydroxyl groups is 1. The van der Waals surface area contributed by atoms with E-state index in [1.54, 1.807) is 6.07 Å². The van der Waals surface area contributed by atoms with Crippen molar-refractivity contribution in [2.24, 2.45) is 0 Å². The molecule has 0 aromatic carbocycles. The van der Waals surface area contributed by atoms with E-state index in [0.717, 1.165) is 0 Å². The Morgan fingerprint density at radius 2 is 2.20 bits per heavy atom. The van der Waals surface area contributed by atoms with Gasteiger partial charge < -0.3 is 19.0 Å². The third kappa shape index (κ3) is 3.59. The molecule has 0 atom stereocenters. The van der Waals surface area contributed by atoms with Crippen molar-refractivity contribution < 1.29 is 23.8 Å². The predicted octanol–water partition coefficient (Wildman–Crippen LogP) is 1.04. The molecule has 2 rings (SSSR count).